The van der Waals surface area contributed by atoms with E-state index < -0.39 is 12.2 Å². The van der Waals surface area contributed by atoms with Gasteiger partial charge in [-0.15, -0.1) is 0 Å². The van der Waals surface area contributed by atoms with E-state index in [0.29, 0.717) is 0 Å². The summed E-state index contributed by atoms with van der Waals surface area (Å²) in [5, 5.41) is 2.85. The van der Waals surface area contributed by atoms with Crippen molar-refractivity contribution in [3.05, 3.63) is 101 Å². The van der Waals surface area contributed by atoms with E-state index in [1.807, 2.05) is 72.8 Å². The maximum atomic E-state index is 11.8. The summed E-state index contributed by atoms with van der Waals surface area (Å²) in [5.74, 6) is 6.28. The molecule has 2 atom stereocenters. The van der Waals surface area contributed by atoms with Crippen molar-refractivity contribution < 1.29 is 9.53 Å². The fraction of sp³-hybridized carbons (Fsp3) is 0.0909. The van der Waals surface area contributed by atoms with Gasteiger partial charge in [0.25, 0.3) is 0 Å². The van der Waals surface area contributed by atoms with Gasteiger partial charge in [-0.3, -0.25) is 4.98 Å². The van der Waals surface area contributed by atoms with Gasteiger partial charge in [-0.05, 0) is 29.8 Å². The molecule has 0 aliphatic carbocycles. The van der Waals surface area contributed by atoms with Crippen molar-refractivity contribution in [2.45, 2.75) is 12.1 Å². The second-order valence-electron chi connectivity index (χ2n) is 5.94. The Balaban J connectivity index is 1.63. The van der Waals surface area contributed by atoms with Gasteiger partial charge in [0.1, 0.15) is 6.04 Å². The van der Waals surface area contributed by atoms with E-state index in [1.54, 1.807) is 6.20 Å². The molecule has 2 heterocycles. The monoisotopic (exact) mass is 340 g/mol. The molecule has 1 aromatic heterocycles. The van der Waals surface area contributed by atoms with Gasteiger partial charge in [0.05, 0.1) is 5.69 Å². The highest BCUT2D eigenvalue weighted by atomic mass is 16.6. The van der Waals surface area contributed by atoms with Crippen LogP contribution in [-0.4, -0.2) is 11.1 Å². The van der Waals surface area contributed by atoms with Crippen LogP contribution in [0.4, 0.5) is 4.79 Å². The topological polar surface area (TPSA) is 51.2 Å². The average molecular weight is 340 g/mol. The predicted molar refractivity (Wildman–Crippen MR) is 98.2 cm³/mol. The first-order chi connectivity index (χ1) is 12.8. The summed E-state index contributed by atoms with van der Waals surface area (Å²) in [4.78, 5) is 16.2. The molecule has 0 radical (unpaired) electrons. The second-order valence-corrected chi connectivity index (χ2v) is 5.94. The maximum absolute atomic E-state index is 11.8. The lowest BCUT2D eigenvalue weighted by molar-refractivity contribution is 0.132. The quantitative estimate of drug-likeness (QED) is 0.717. The van der Waals surface area contributed by atoms with Gasteiger partial charge in [0, 0.05) is 17.3 Å². The summed E-state index contributed by atoms with van der Waals surface area (Å²) in [6, 6.07) is 22.9. The fourth-order valence-corrected chi connectivity index (χ4v) is 2.91. The van der Waals surface area contributed by atoms with E-state index >= 15 is 0 Å². The third-order valence-corrected chi connectivity index (χ3v) is 4.16. The number of aromatic nitrogens is 1. The Morgan fingerprint density at radius 3 is 2.35 bits per heavy atom. The summed E-state index contributed by atoms with van der Waals surface area (Å²) < 4.78 is 5.46. The third-order valence-electron chi connectivity index (χ3n) is 4.16. The van der Waals surface area contributed by atoms with E-state index in [9.17, 15) is 4.79 Å². The molecular weight excluding hydrogens is 324 g/mol. The first-order valence-corrected chi connectivity index (χ1v) is 8.35. The summed E-state index contributed by atoms with van der Waals surface area (Å²) >= 11 is 0. The van der Waals surface area contributed by atoms with Crippen LogP contribution in [0.3, 0.4) is 0 Å². The number of amides is 1. The number of hydrogen-bond donors (Lipinski definition) is 1. The average Bonchev–Trinajstić information content (AvgIpc) is 3.10. The fourth-order valence-electron chi connectivity index (χ4n) is 2.91. The zero-order chi connectivity index (χ0) is 17.8. The SMILES string of the molecule is O=C1N[C@@H](c2cc(C#Cc3ccccc3)ccn2)[C@H](c2ccccc2)O1. The summed E-state index contributed by atoms with van der Waals surface area (Å²) in [7, 11) is 0. The van der Waals surface area contributed by atoms with E-state index in [2.05, 4.69) is 22.1 Å². The highest BCUT2D eigenvalue weighted by Crippen LogP contribution is 2.35. The minimum Gasteiger partial charge on any atom is -0.439 e. The van der Waals surface area contributed by atoms with Crippen LogP contribution in [0.15, 0.2) is 79.0 Å². The molecule has 1 N–H and O–H groups in total. The van der Waals surface area contributed by atoms with E-state index in [0.717, 1.165) is 22.4 Å². The van der Waals surface area contributed by atoms with Crippen molar-refractivity contribution in [1.82, 2.24) is 10.3 Å². The van der Waals surface area contributed by atoms with Gasteiger partial charge >= 0.3 is 6.09 Å². The Morgan fingerprint density at radius 1 is 0.885 bits per heavy atom. The Hall–Kier alpha value is -3.58. The number of nitrogens with one attached hydrogen (secondary N) is 1. The van der Waals surface area contributed by atoms with Gasteiger partial charge in [-0.2, -0.15) is 0 Å². The van der Waals surface area contributed by atoms with Crippen molar-refractivity contribution in [3.63, 3.8) is 0 Å². The molecule has 3 aromatic rings. The molecule has 4 rings (SSSR count). The molecule has 126 valence electrons. The molecule has 1 amide bonds. The summed E-state index contributed by atoms with van der Waals surface area (Å²) in [5.41, 5.74) is 3.44. The van der Waals surface area contributed by atoms with Crippen molar-refractivity contribution >= 4 is 6.09 Å². The van der Waals surface area contributed by atoms with Gasteiger partial charge in [-0.1, -0.05) is 60.4 Å². The maximum Gasteiger partial charge on any atom is 0.408 e. The van der Waals surface area contributed by atoms with Crippen LogP contribution in [0.25, 0.3) is 0 Å². The molecule has 2 aromatic carbocycles. The summed E-state index contributed by atoms with van der Waals surface area (Å²) in [6.45, 7) is 0. The number of carbonyl (C=O) groups is 1. The second kappa shape index (κ2) is 7.12. The number of rotatable bonds is 2. The van der Waals surface area contributed by atoms with Crippen LogP contribution < -0.4 is 5.32 Å². The molecule has 1 aliphatic heterocycles. The van der Waals surface area contributed by atoms with Gasteiger partial charge in [0.15, 0.2) is 6.10 Å². The standard InChI is InChI=1S/C22H16N2O2/c25-22-24-20(21(26-22)18-9-5-2-6-10-18)19-15-17(13-14-23-19)12-11-16-7-3-1-4-8-16/h1-10,13-15,20-21H,(H,24,25)/t20-,21-/m0/s1. The predicted octanol–water partition coefficient (Wildman–Crippen LogP) is 4.00. The zero-order valence-corrected chi connectivity index (χ0v) is 13.9. The van der Waals surface area contributed by atoms with E-state index in [1.165, 1.54) is 0 Å². The van der Waals surface area contributed by atoms with Gasteiger partial charge < -0.3 is 10.1 Å². The number of alkyl carbamates (subject to hydrolysis) is 1. The van der Waals surface area contributed by atoms with Crippen LogP contribution in [0.2, 0.25) is 0 Å². The zero-order valence-electron chi connectivity index (χ0n) is 13.9. The molecule has 4 nitrogen and oxygen atoms in total. The Bertz CT molecular complexity index is 975. The number of ether oxygens (including phenoxy) is 1. The first kappa shape index (κ1) is 15.9. The minimum absolute atomic E-state index is 0.344. The Labute approximate surface area is 151 Å². The lowest BCUT2D eigenvalue weighted by atomic mass is 9.99. The largest absolute Gasteiger partial charge is 0.439 e. The van der Waals surface area contributed by atoms with Gasteiger partial charge in [-0.25, -0.2) is 4.79 Å². The van der Waals surface area contributed by atoms with E-state index in [-0.39, 0.29) is 6.04 Å². The van der Waals surface area contributed by atoms with Crippen molar-refractivity contribution in [2.75, 3.05) is 0 Å². The van der Waals surface area contributed by atoms with Crippen LogP contribution in [-0.2, 0) is 4.74 Å². The number of nitrogens with zero attached hydrogens (tertiary/aromatic N) is 1. The summed E-state index contributed by atoms with van der Waals surface area (Å²) in [6.07, 6.45) is 0.858. The molecule has 0 bridgehead atoms. The smallest absolute Gasteiger partial charge is 0.408 e. The first-order valence-electron chi connectivity index (χ1n) is 8.35. The molecule has 4 heteroatoms. The molecule has 0 unspecified atom stereocenters. The number of benzene rings is 2. The third kappa shape index (κ3) is 3.42. The number of hydrogen-bond acceptors (Lipinski definition) is 3. The highest BCUT2D eigenvalue weighted by Gasteiger charge is 2.37. The lowest BCUT2D eigenvalue weighted by Gasteiger charge is -2.16. The van der Waals surface area contributed by atoms with E-state index in [4.69, 9.17) is 4.74 Å². The Morgan fingerprint density at radius 2 is 1.58 bits per heavy atom. The van der Waals surface area contributed by atoms with Gasteiger partial charge in [0.2, 0.25) is 0 Å². The van der Waals surface area contributed by atoms with Crippen molar-refractivity contribution in [3.8, 4) is 11.8 Å². The molecule has 0 saturated carbocycles. The van der Waals surface area contributed by atoms with Crippen LogP contribution >= 0.6 is 0 Å². The molecule has 1 aliphatic rings. The molecule has 0 spiro atoms. The minimum atomic E-state index is -0.438. The number of cyclic esters (lactones) is 1. The number of pyridine rings is 1. The van der Waals surface area contributed by atoms with Crippen LogP contribution in [0, 0.1) is 11.8 Å². The molecule has 1 saturated heterocycles. The highest BCUT2D eigenvalue weighted by molar-refractivity contribution is 5.71. The lowest BCUT2D eigenvalue weighted by Crippen LogP contribution is -2.20. The van der Waals surface area contributed by atoms with Crippen molar-refractivity contribution in [1.29, 1.82) is 0 Å². The number of carbonyl (C=O) groups excluding carboxylic acids is 1. The Kier molecular flexibility index (Phi) is 4.36. The normalized spacial score (nSPS) is 18.4. The molecule has 26 heavy (non-hydrogen) atoms. The molecular formula is C22H16N2O2. The van der Waals surface area contributed by atoms with Crippen LogP contribution in [0.1, 0.15) is 34.5 Å². The van der Waals surface area contributed by atoms with Crippen LogP contribution in [0.5, 0.6) is 0 Å². The molecule has 1 fully saturated rings. The van der Waals surface area contributed by atoms with Crippen molar-refractivity contribution in [2.24, 2.45) is 0 Å².